The second-order valence-electron chi connectivity index (χ2n) is 4.52. The molecule has 2 heterocycles. The van der Waals surface area contributed by atoms with Crippen molar-refractivity contribution in [2.75, 3.05) is 7.05 Å². The third-order valence-electron chi connectivity index (χ3n) is 2.88. The van der Waals surface area contributed by atoms with Crippen LogP contribution in [0.4, 0.5) is 0 Å². The van der Waals surface area contributed by atoms with E-state index in [1.165, 1.54) is 5.56 Å². The predicted molar refractivity (Wildman–Crippen MR) is 76.2 cm³/mol. The predicted octanol–water partition coefficient (Wildman–Crippen LogP) is 1.20. The molecule has 0 aliphatic rings. The highest BCUT2D eigenvalue weighted by Gasteiger charge is 2.10. The summed E-state index contributed by atoms with van der Waals surface area (Å²) in [5.41, 5.74) is 8.24. The van der Waals surface area contributed by atoms with Crippen molar-refractivity contribution in [3.05, 3.63) is 59.7 Å². The quantitative estimate of drug-likeness (QED) is 0.369. The number of nitrogens with zero attached hydrogens (tertiary/aromatic N) is 4. The number of hydrogen-bond donors (Lipinski definition) is 2. The monoisotopic (exact) mass is 271 g/mol. The molecule has 0 amide bonds. The maximum atomic E-state index is 8.78. The Morgan fingerprint density at radius 3 is 2.70 bits per heavy atom. The lowest BCUT2D eigenvalue weighted by molar-refractivity contribution is 0.314. The first kappa shape index (κ1) is 14.0. The van der Waals surface area contributed by atoms with E-state index in [1.54, 1.807) is 18.6 Å². The van der Waals surface area contributed by atoms with E-state index in [9.17, 15) is 0 Å². The summed E-state index contributed by atoms with van der Waals surface area (Å²) in [6.45, 7) is 1.44. The Balaban J connectivity index is 2.10. The van der Waals surface area contributed by atoms with Gasteiger partial charge < -0.3 is 10.9 Å². The van der Waals surface area contributed by atoms with Crippen molar-refractivity contribution in [3.8, 4) is 0 Å². The van der Waals surface area contributed by atoms with Gasteiger partial charge in [-0.15, -0.1) is 0 Å². The third-order valence-corrected chi connectivity index (χ3v) is 2.88. The topological polar surface area (TPSA) is 87.6 Å². The molecule has 0 saturated heterocycles. The zero-order valence-electron chi connectivity index (χ0n) is 11.3. The second kappa shape index (κ2) is 6.63. The van der Waals surface area contributed by atoms with Crippen LogP contribution in [-0.2, 0) is 13.1 Å². The first-order valence-corrected chi connectivity index (χ1v) is 6.20. The van der Waals surface area contributed by atoms with Crippen LogP contribution in [0.5, 0.6) is 0 Å². The molecular weight excluding hydrogens is 254 g/mol. The van der Waals surface area contributed by atoms with Crippen LogP contribution in [0.1, 0.15) is 16.8 Å². The highest BCUT2D eigenvalue weighted by Crippen LogP contribution is 2.10. The van der Waals surface area contributed by atoms with Gasteiger partial charge in [0.05, 0.1) is 0 Å². The summed E-state index contributed by atoms with van der Waals surface area (Å²) in [5, 5.41) is 11.8. The normalized spacial score (nSPS) is 11.8. The van der Waals surface area contributed by atoms with Gasteiger partial charge in [0.2, 0.25) is 0 Å². The number of oxime groups is 1. The van der Waals surface area contributed by atoms with E-state index in [0.717, 1.165) is 12.1 Å². The minimum atomic E-state index is 0.0258. The molecular formula is C14H17N5O. The van der Waals surface area contributed by atoms with Crippen molar-refractivity contribution in [3.63, 3.8) is 0 Å². The molecule has 0 radical (unpaired) electrons. The maximum absolute atomic E-state index is 8.78. The molecule has 0 atom stereocenters. The zero-order chi connectivity index (χ0) is 14.4. The zero-order valence-corrected chi connectivity index (χ0v) is 11.3. The Labute approximate surface area is 117 Å². The van der Waals surface area contributed by atoms with Crippen LogP contribution >= 0.6 is 0 Å². The van der Waals surface area contributed by atoms with Gasteiger partial charge in [0, 0.05) is 31.7 Å². The molecule has 6 nitrogen and oxygen atoms in total. The Bertz CT molecular complexity index is 585. The summed E-state index contributed by atoms with van der Waals surface area (Å²) in [6, 6.07) is 7.71. The van der Waals surface area contributed by atoms with Crippen LogP contribution in [0, 0.1) is 0 Å². The average Bonchev–Trinajstić information content (AvgIpc) is 2.48. The first-order valence-electron chi connectivity index (χ1n) is 6.20. The third kappa shape index (κ3) is 3.52. The summed E-state index contributed by atoms with van der Waals surface area (Å²) in [6.07, 6.45) is 5.17. The van der Waals surface area contributed by atoms with Crippen LogP contribution in [0.3, 0.4) is 0 Å². The van der Waals surface area contributed by atoms with E-state index in [2.05, 4.69) is 20.0 Å². The molecule has 0 aliphatic heterocycles. The first-order chi connectivity index (χ1) is 9.70. The van der Waals surface area contributed by atoms with Crippen molar-refractivity contribution in [2.45, 2.75) is 13.1 Å². The molecule has 0 saturated carbocycles. The number of rotatable bonds is 5. The molecule has 0 spiro atoms. The molecule has 3 N–H and O–H groups in total. The Hall–Kier alpha value is -2.47. The van der Waals surface area contributed by atoms with Crippen LogP contribution in [0.25, 0.3) is 0 Å². The lowest BCUT2D eigenvalue weighted by Crippen LogP contribution is -2.22. The van der Waals surface area contributed by atoms with Gasteiger partial charge in [-0.2, -0.15) is 0 Å². The molecule has 2 aromatic rings. The van der Waals surface area contributed by atoms with E-state index in [-0.39, 0.29) is 5.84 Å². The molecule has 0 aromatic carbocycles. The fourth-order valence-electron chi connectivity index (χ4n) is 1.99. The van der Waals surface area contributed by atoms with Gasteiger partial charge >= 0.3 is 0 Å². The van der Waals surface area contributed by atoms with E-state index >= 15 is 0 Å². The maximum Gasteiger partial charge on any atom is 0.189 e. The van der Waals surface area contributed by atoms with Gasteiger partial charge in [0.15, 0.2) is 5.84 Å². The molecule has 20 heavy (non-hydrogen) atoms. The smallest absolute Gasteiger partial charge is 0.189 e. The molecule has 2 aromatic heterocycles. The average molecular weight is 271 g/mol. The SMILES string of the molecule is CN(Cc1ccncc1)Cc1cccnc1C(N)=NO. The van der Waals surface area contributed by atoms with Crippen molar-refractivity contribution in [1.29, 1.82) is 0 Å². The highest BCUT2D eigenvalue weighted by atomic mass is 16.4. The van der Waals surface area contributed by atoms with Crippen molar-refractivity contribution in [2.24, 2.45) is 10.9 Å². The lowest BCUT2D eigenvalue weighted by Gasteiger charge is -2.18. The molecule has 2 rings (SSSR count). The largest absolute Gasteiger partial charge is 0.409 e. The van der Waals surface area contributed by atoms with Crippen LogP contribution in [-0.4, -0.2) is 33.0 Å². The lowest BCUT2D eigenvalue weighted by atomic mass is 10.1. The van der Waals surface area contributed by atoms with E-state index in [4.69, 9.17) is 10.9 Å². The summed E-state index contributed by atoms with van der Waals surface area (Å²) < 4.78 is 0. The fraction of sp³-hybridized carbons (Fsp3) is 0.214. The van der Waals surface area contributed by atoms with Crippen LogP contribution < -0.4 is 5.73 Å². The van der Waals surface area contributed by atoms with Gasteiger partial charge in [0.25, 0.3) is 0 Å². The minimum absolute atomic E-state index is 0.0258. The number of pyridine rings is 2. The minimum Gasteiger partial charge on any atom is -0.409 e. The van der Waals surface area contributed by atoms with Crippen LogP contribution in [0.2, 0.25) is 0 Å². The number of nitrogens with two attached hydrogens (primary N) is 1. The Kier molecular flexibility index (Phi) is 4.62. The van der Waals surface area contributed by atoms with Crippen molar-refractivity contribution < 1.29 is 5.21 Å². The molecule has 0 fully saturated rings. The van der Waals surface area contributed by atoms with Gasteiger partial charge in [-0.1, -0.05) is 11.2 Å². The van der Waals surface area contributed by atoms with E-state index in [1.807, 2.05) is 31.3 Å². The Morgan fingerprint density at radius 1 is 1.25 bits per heavy atom. The molecule has 0 bridgehead atoms. The van der Waals surface area contributed by atoms with Crippen molar-refractivity contribution >= 4 is 5.84 Å². The molecule has 104 valence electrons. The summed E-state index contributed by atoms with van der Waals surface area (Å²) in [5.74, 6) is 0.0258. The van der Waals surface area contributed by atoms with Gasteiger partial charge in [-0.05, 0) is 36.4 Å². The Morgan fingerprint density at radius 2 is 2.00 bits per heavy atom. The molecule has 6 heteroatoms. The summed E-state index contributed by atoms with van der Waals surface area (Å²) >= 11 is 0. The fourth-order valence-corrected chi connectivity index (χ4v) is 1.99. The number of aromatic nitrogens is 2. The van der Waals surface area contributed by atoms with E-state index < -0.39 is 0 Å². The van der Waals surface area contributed by atoms with Gasteiger partial charge in [-0.25, -0.2) is 0 Å². The van der Waals surface area contributed by atoms with Gasteiger partial charge in [-0.3, -0.25) is 14.9 Å². The van der Waals surface area contributed by atoms with Crippen molar-refractivity contribution in [1.82, 2.24) is 14.9 Å². The molecule has 0 unspecified atom stereocenters. The van der Waals surface area contributed by atoms with E-state index in [0.29, 0.717) is 12.2 Å². The second-order valence-corrected chi connectivity index (χ2v) is 4.52. The number of hydrogen-bond acceptors (Lipinski definition) is 5. The summed E-state index contributed by atoms with van der Waals surface area (Å²) in [7, 11) is 2.00. The standard InChI is InChI=1S/C14H17N5O/c1-19(9-11-4-7-16-8-5-11)10-12-3-2-6-17-13(12)14(15)18-20/h2-8,20H,9-10H2,1H3,(H2,15,18). The van der Waals surface area contributed by atoms with Gasteiger partial charge in [0.1, 0.15) is 5.69 Å². The molecule has 0 aliphatic carbocycles. The van der Waals surface area contributed by atoms with Crippen LogP contribution in [0.15, 0.2) is 48.0 Å². The highest BCUT2D eigenvalue weighted by molar-refractivity contribution is 5.96. The summed E-state index contributed by atoms with van der Waals surface area (Å²) in [4.78, 5) is 10.3. The number of amidine groups is 1.